The van der Waals surface area contributed by atoms with Crippen molar-refractivity contribution in [3.05, 3.63) is 35.4 Å². The summed E-state index contributed by atoms with van der Waals surface area (Å²) in [5.41, 5.74) is 3.01. The maximum absolute atomic E-state index is 3.72. The number of hydrogen-bond donors (Lipinski definition) is 1. The summed E-state index contributed by atoms with van der Waals surface area (Å²) in [4.78, 5) is 0. The fraction of sp³-hybridized carbons (Fsp3) is 0.684. The quantitative estimate of drug-likeness (QED) is 0.644. The van der Waals surface area contributed by atoms with Crippen molar-refractivity contribution in [2.24, 2.45) is 0 Å². The van der Waals surface area contributed by atoms with E-state index in [1.807, 2.05) is 0 Å². The van der Waals surface area contributed by atoms with E-state index in [1.165, 1.54) is 43.4 Å². The van der Waals surface area contributed by atoms with Gasteiger partial charge in [-0.15, -0.1) is 0 Å². The third-order valence-electron chi connectivity index (χ3n) is 4.68. The fourth-order valence-corrected chi connectivity index (χ4v) is 3.78. The van der Waals surface area contributed by atoms with Crippen LogP contribution in [0.5, 0.6) is 0 Å². The molecule has 0 heterocycles. The zero-order chi connectivity index (χ0) is 15.1. The molecule has 0 radical (unpaired) electrons. The molecule has 2 unspecified atom stereocenters. The summed E-state index contributed by atoms with van der Waals surface area (Å²) in [7, 11) is 0. The van der Waals surface area contributed by atoms with Crippen LogP contribution in [0.4, 0.5) is 0 Å². The number of thioether (sulfide) groups is 1. The Kier molecular flexibility index (Phi) is 7.12. The first-order chi connectivity index (χ1) is 10.2. The molecule has 0 saturated heterocycles. The summed E-state index contributed by atoms with van der Waals surface area (Å²) in [6.45, 7) is 7.96. The van der Waals surface area contributed by atoms with Crippen molar-refractivity contribution in [1.29, 1.82) is 0 Å². The Balaban J connectivity index is 1.96. The number of nitrogens with one attached hydrogen (secondary N) is 1. The highest BCUT2D eigenvalue weighted by Gasteiger charge is 2.20. The van der Waals surface area contributed by atoms with Gasteiger partial charge in [-0.05, 0) is 49.3 Å². The topological polar surface area (TPSA) is 12.0 Å². The summed E-state index contributed by atoms with van der Waals surface area (Å²) in [6.07, 6.45) is 6.65. The first-order valence-corrected chi connectivity index (χ1v) is 9.74. The minimum absolute atomic E-state index is 0.499. The predicted molar refractivity (Wildman–Crippen MR) is 96.3 cm³/mol. The largest absolute Gasteiger partial charge is 0.309 e. The Labute approximate surface area is 135 Å². The van der Waals surface area contributed by atoms with E-state index >= 15 is 0 Å². The highest BCUT2D eigenvalue weighted by atomic mass is 32.2. The van der Waals surface area contributed by atoms with Crippen LogP contribution in [0.3, 0.4) is 0 Å². The van der Waals surface area contributed by atoms with Crippen LogP contribution >= 0.6 is 11.8 Å². The van der Waals surface area contributed by atoms with Gasteiger partial charge in [-0.1, -0.05) is 51.5 Å². The molecule has 2 rings (SSSR count). The van der Waals surface area contributed by atoms with E-state index in [9.17, 15) is 0 Å². The van der Waals surface area contributed by atoms with Crippen LogP contribution in [0.25, 0.3) is 0 Å². The Morgan fingerprint density at radius 2 is 1.90 bits per heavy atom. The summed E-state index contributed by atoms with van der Waals surface area (Å²) in [5.74, 6) is 2.02. The maximum Gasteiger partial charge on any atom is 0.0411 e. The van der Waals surface area contributed by atoms with Crippen molar-refractivity contribution in [2.45, 2.75) is 70.1 Å². The molecule has 21 heavy (non-hydrogen) atoms. The van der Waals surface area contributed by atoms with Gasteiger partial charge in [-0.3, -0.25) is 0 Å². The average molecular weight is 306 g/mol. The van der Waals surface area contributed by atoms with E-state index in [2.05, 4.69) is 62.1 Å². The molecule has 1 aliphatic carbocycles. The normalized spacial score (nSPS) is 18.2. The monoisotopic (exact) mass is 305 g/mol. The molecule has 1 aromatic rings. The van der Waals surface area contributed by atoms with Crippen molar-refractivity contribution in [1.82, 2.24) is 5.32 Å². The summed E-state index contributed by atoms with van der Waals surface area (Å²) in [6, 6.07) is 9.96. The zero-order valence-electron chi connectivity index (χ0n) is 13.9. The van der Waals surface area contributed by atoms with Crippen LogP contribution in [-0.2, 0) is 0 Å². The Bertz CT molecular complexity index is 397. The van der Waals surface area contributed by atoms with E-state index in [0.717, 1.165) is 17.7 Å². The number of hydrogen-bond acceptors (Lipinski definition) is 2. The second-order valence-electron chi connectivity index (χ2n) is 6.35. The smallest absolute Gasteiger partial charge is 0.0411 e. The molecule has 1 saturated carbocycles. The van der Waals surface area contributed by atoms with Crippen molar-refractivity contribution in [2.75, 3.05) is 12.3 Å². The molecule has 0 aromatic heterocycles. The molecule has 1 aliphatic rings. The minimum atomic E-state index is 0.499. The highest BCUT2D eigenvalue weighted by Crippen LogP contribution is 2.36. The van der Waals surface area contributed by atoms with E-state index in [1.54, 1.807) is 5.56 Å². The van der Waals surface area contributed by atoms with Gasteiger partial charge in [0.15, 0.2) is 0 Å². The highest BCUT2D eigenvalue weighted by molar-refractivity contribution is 7.99. The van der Waals surface area contributed by atoms with Gasteiger partial charge in [-0.25, -0.2) is 0 Å². The van der Waals surface area contributed by atoms with Crippen LogP contribution in [0, 0.1) is 0 Å². The summed E-state index contributed by atoms with van der Waals surface area (Å²) in [5, 5.41) is 4.48. The van der Waals surface area contributed by atoms with E-state index < -0.39 is 0 Å². The molecule has 118 valence electrons. The lowest BCUT2D eigenvalue weighted by atomic mass is 9.80. The third-order valence-corrected chi connectivity index (χ3v) is 6.11. The van der Waals surface area contributed by atoms with Crippen LogP contribution in [0.2, 0.25) is 0 Å². The Hall–Kier alpha value is -0.470. The predicted octanol–water partition coefficient (Wildman–Crippen LogP) is 5.53. The van der Waals surface area contributed by atoms with Crippen molar-refractivity contribution < 1.29 is 0 Å². The number of benzene rings is 1. The summed E-state index contributed by atoms with van der Waals surface area (Å²) < 4.78 is 0. The van der Waals surface area contributed by atoms with Crippen molar-refractivity contribution in [3.8, 4) is 0 Å². The molecular weight excluding hydrogens is 274 g/mol. The first-order valence-electron chi connectivity index (χ1n) is 8.69. The molecule has 1 fully saturated rings. The molecule has 0 amide bonds. The molecule has 1 aromatic carbocycles. The second-order valence-corrected chi connectivity index (χ2v) is 7.82. The van der Waals surface area contributed by atoms with Crippen molar-refractivity contribution in [3.63, 3.8) is 0 Å². The van der Waals surface area contributed by atoms with Gasteiger partial charge in [0.2, 0.25) is 0 Å². The SMILES string of the molecule is CCCNC(CSC(C)CC)c1ccc(C2CCC2)cc1. The lowest BCUT2D eigenvalue weighted by Crippen LogP contribution is -2.25. The van der Waals surface area contributed by atoms with Crippen LogP contribution < -0.4 is 5.32 Å². The van der Waals surface area contributed by atoms with Crippen LogP contribution in [0.15, 0.2) is 24.3 Å². The van der Waals surface area contributed by atoms with Gasteiger partial charge in [-0.2, -0.15) is 11.8 Å². The van der Waals surface area contributed by atoms with Gasteiger partial charge in [0.1, 0.15) is 0 Å². The van der Waals surface area contributed by atoms with Gasteiger partial charge in [0.25, 0.3) is 0 Å². The van der Waals surface area contributed by atoms with E-state index in [0.29, 0.717) is 6.04 Å². The minimum Gasteiger partial charge on any atom is -0.309 e. The molecule has 1 nitrogen and oxygen atoms in total. The molecule has 1 N–H and O–H groups in total. The first kappa shape index (κ1) is 16.9. The van der Waals surface area contributed by atoms with Crippen LogP contribution in [-0.4, -0.2) is 17.5 Å². The zero-order valence-corrected chi connectivity index (χ0v) is 14.7. The van der Waals surface area contributed by atoms with Gasteiger partial charge >= 0.3 is 0 Å². The second kappa shape index (κ2) is 8.85. The summed E-state index contributed by atoms with van der Waals surface area (Å²) >= 11 is 2.09. The lowest BCUT2D eigenvalue weighted by Gasteiger charge is -2.26. The molecule has 2 atom stereocenters. The van der Waals surface area contributed by atoms with Crippen LogP contribution in [0.1, 0.15) is 76.0 Å². The lowest BCUT2D eigenvalue weighted by molar-refractivity contribution is 0.419. The van der Waals surface area contributed by atoms with Gasteiger partial charge < -0.3 is 5.32 Å². The van der Waals surface area contributed by atoms with Gasteiger partial charge in [0, 0.05) is 17.0 Å². The maximum atomic E-state index is 3.72. The van der Waals surface area contributed by atoms with Crippen molar-refractivity contribution >= 4 is 11.8 Å². The van der Waals surface area contributed by atoms with E-state index in [4.69, 9.17) is 0 Å². The standard InChI is InChI=1S/C19H31NS/c1-4-13-20-19(14-21-15(3)5-2)18-11-9-17(10-12-18)16-7-6-8-16/h9-12,15-16,19-20H,4-8,13-14H2,1-3H3. The molecule has 0 aliphatic heterocycles. The molecular formula is C19H31NS. The molecule has 2 heteroatoms. The average Bonchev–Trinajstić information content (AvgIpc) is 2.46. The number of rotatable bonds is 9. The Morgan fingerprint density at radius 3 is 2.43 bits per heavy atom. The third kappa shape index (κ3) is 5.03. The van der Waals surface area contributed by atoms with Gasteiger partial charge in [0.05, 0.1) is 0 Å². The van der Waals surface area contributed by atoms with E-state index in [-0.39, 0.29) is 0 Å². The fourth-order valence-electron chi connectivity index (χ4n) is 2.71. The molecule has 0 spiro atoms. The Morgan fingerprint density at radius 1 is 1.19 bits per heavy atom. The molecule has 0 bridgehead atoms.